The molecule has 4 rings (SSSR count). The lowest BCUT2D eigenvalue weighted by atomic mass is 10.0. The van der Waals surface area contributed by atoms with E-state index in [0.29, 0.717) is 17.7 Å². The van der Waals surface area contributed by atoms with Crippen LogP contribution in [0.5, 0.6) is 0 Å². The number of aromatic nitrogens is 3. The van der Waals surface area contributed by atoms with Crippen LogP contribution in [0.2, 0.25) is 0 Å². The van der Waals surface area contributed by atoms with Gasteiger partial charge in [-0.3, -0.25) is 9.67 Å². The molecule has 0 spiro atoms. The first-order valence-electron chi connectivity index (χ1n) is 9.54. The van der Waals surface area contributed by atoms with Crippen molar-refractivity contribution in [3.63, 3.8) is 0 Å². The predicted molar refractivity (Wildman–Crippen MR) is 119 cm³/mol. The van der Waals surface area contributed by atoms with Gasteiger partial charge in [0.1, 0.15) is 17.4 Å². The van der Waals surface area contributed by atoms with Crippen molar-refractivity contribution in [2.24, 2.45) is 7.05 Å². The van der Waals surface area contributed by atoms with E-state index in [1.807, 2.05) is 66.7 Å². The van der Waals surface area contributed by atoms with Crippen LogP contribution in [0.3, 0.4) is 0 Å². The van der Waals surface area contributed by atoms with Gasteiger partial charge in [0.25, 0.3) is 0 Å². The molecule has 0 aliphatic rings. The Labute approximate surface area is 183 Å². The number of hydrogen-bond acceptors (Lipinski definition) is 4. The van der Waals surface area contributed by atoms with E-state index in [4.69, 9.17) is 4.74 Å². The summed E-state index contributed by atoms with van der Waals surface area (Å²) in [6.07, 6.45) is 5.22. The number of carbonyl (C=O) groups excluding carboxylic acids is 1. The van der Waals surface area contributed by atoms with Gasteiger partial charge < -0.3 is 4.74 Å². The number of hydrogen-bond donors (Lipinski definition) is 0. The summed E-state index contributed by atoms with van der Waals surface area (Å²) in [5, 5.41) is 4.46. The lowest BCUT2D eigenvalue weighted by Gasteiger charge is -2.19. The molecule has 1 unspecified atom stereocenters. The minimum atomic E-state index is -0.418. The minimum Gasteiger partial charge on any atom is -0.453 e. The van der Waals surface area contributed by atoms with Crippen molar-refractivity contribution < 1.29 is 9.53 Å². The van der Waals surface area contributed by atoms with Crippen molar-refractivity contribution >= 4 is 21.9 Å². The lowest BCUT2D eigenvalue weighted by molar-refractivity contribution is 0.0298. The number of carbonyl (C=O) groups is 1. The topological polar surface area (TPSA) is 57.0 Å². The summed E-state index contributed by atoms with van der Waals surface area (Å²) in [5.41, 5.74) is 3.86. The van der Waals surface area contributed by atoms with Gasteiger partial charge >= 0.3 is 5.97 Å². The van der Waals surface area contributed by atoms with Crippen LogP contribution in [0.1, 0.15) is 27.6 Å². The summed E-state index contributed by atoms with van der Waals surface area (Å²) < 4.78 is 8.62. The van der Waals surface area contributed by atoms with Crippen LogP contribution in [0.25, 0.3) is 11.3 Å². The second-order valence-electron chi connectivity index (χ2n) is 6.94. The lowest BCUT2D eigenvalue weighted by Crippen LogP contribution is -2.14. The zero-order valence-electron chi connectivity index (χ0n) is 16.4. The third-order valence-corrected chi connectivity index (χ3v) is 5.29. The highest BCUT2D eigenvalue weighted by Gasteiger charge is 2.23. The van der Waals surface area contributed by atoms with Crippen LogP contribution in [0.4, 0.5) is 0 Å². The van der Waals surface area contributed by atoms with Gasteiger partial charge in [0.05, 0.1) is 0 Å². The highest BCUT2D eigenvalue weighted by molar-refractivity contribution is 9.10. The molecule has 0 fully saturated rings. The fourth-order valence-electron chi connectivity index (χ4n) is 3.29. The zero-order chi connectivity index (χ0) is 20.9. The van der Waals surface area contributed by atoms with Crippen molar-refractivity contribution in [1.29, 1.82) is 0 Å². The molecule has 0 bridgehead atoms. The van der Waals surface area contributed by atoms with Crippen LogP contribution < -0.4 is 0 Å². The Kier molecular flexibility index (Phi) is 6.05. The van der Waals surface area contributed by atoms with Crippen LogP contribution in [0.15, 0.2) is 89.8 Å². The highest BCUT2D eigenvalue weighted by Crippen LogP contribution is 2.28. The summed E-state index contributed by atoms with van der Waals surface area (Å²) in [6.45, 7) is 0. The zero-order valence-corrected chi connectivity index (χ0v) is 18.0. The highest BCUT2D eigenvalue weighted by atomic mass is 79.9. The fourth-order valence-corrected chi connectivity index (χ4v) is 3.55. The van der Waals surface area contributed by atoms with E-state index >= 15 is 0 Å². The van der Waals surface area contributed by atoms with Gasteiger partial charge in [0, 0.05) is 42.1 Å². The summed E-state index contributed by atoms with van der Waals surface area (Å²) in [4.78, 5) is 17.2. The molecule has 5 nitrogen and oxygen atoms in total. The summed E-state index contributed by atoms with van der Waals surface area (Å²) in [5.74, 6) is -0.404. The average molecular weight is 462 g/mol. The monoisotopic (exact) mass is 461 g/mol. The molecule has 6 heteroatoms. The molecule has 2 aromatic heterocycles. The van der Waals surface area contributed by atoms with Crippen molar-refractivity contribution in [3.8, 4) is 11.3 Å². The van der Waals surface area contributed by atoms with Gasteiger partial charge in [-0.2, -0.15) is 5.10 Å². The SMILES string of the molecule is Cn1cc(C(=O)OC(Cc2ccccc2)c2ccc(Br)cc2)c(-c2ccncc2)n1. The maximum Gasteiger partial charge on any atom is 0.342 e. The molecule has 0 aliphatic heterocycles. The molecule has 0 radical (unpaired) electrons. The van der Waals surface area contributed by atoms with Crippen molar-refractivity contribution in [2.75, 3.05) is 0 Å². The van der Waals surface area contributed by atoms with E-state index in [1.54, 1.807) is 30.3 Å². The van der Waals surface area contributed by atoms with E-state index in [-0.39, 0.29) is 0 Å². The number of esters is 1. The molecular formula is C24H20BrN3O2. The first kappa shape index (κ1) is 20.0. The van der Waals surface area contributed by atoms with Crippen molar-refractivity contribution in [3.05, 3.63) is 106 Å². The van der Waals surface area contributed by atoms with Gasteiger partial charge in [-0.25, -0.2) is 4.79 Å². The Morgan fingerprint density at radius 2 is 1.73 bits per heavy atom. The van der Waals surface area contributed by atoms with E-state index < -0.39 is 12.1 Å². The minimum absolute atomic E-state index is 0.404. The van der Waals surface area contributed by atoms with Crippen molar-refractivity contribution in [1.82, 2.24) is 14.8 Å². The van der Waals surface area contributed by atoms with Gasteiger partial charge in [-0.05, 0) is 35.4 Å². The van der Waals surface area contributed by atoms with E-state index in [2.05, 4.69) is 26.0 Å². The Morgan fingerprint density at radius 1 is 1.03 bits per heavy atom. The molecule has 30 heavy (non-hydrogen) atoms. The van der Waals surface area contributed by atoms with Gasteiger partial charge in [-0.15, -0.1) is 0 Å². The van der Waals surface area contributed by atoms with Crippen LogP contribution in [-0.4, -0.2) is 20.7 Å². The molecule has 0 amide bonds. The van der Waals surface area contributed by atoms with Crippen LogP contribution >= 0.6 is 15.9 Å². The molecule has 2 heterocycles. The van der Waals surface area contributed by atoms with Gasteiger partial charge in [0.15, 0.2) is 0 Å². The Bertz CT molecular complexity index is 1130. The third-order valence-electron chi connectivity index (χ3n) is 4.76. The average Bonchev–Trinajstić information content (AvgIpc) is 3.17. The second-order valence-corrected chi connectivity index (χ2v) is 7.85. The maximum atomic E-state index is 13.2. The summed E-state index contributed by atoms with van der Waals surface area (Å²) >= 11 is 3.46. The van der Waals surface area contributed by atoms with Crippen LogP contribution in [0, 0.1) is 0 Å². The number of pyridine rings is 1. The molecule has 4 aromatic rings. The molecule has 0 aliphatic carbocycles. The molecular weight excluding hydrogens is 442 g/mol. The molecule has 2 aromatic carbocycles. The Balaban J connectivity index is 1.65. The number of nitrogens with zero attached hydrogens (tertiary/aromatic N) is 3. The Hall–Kier alpha value is -3.25. The maximum absolute atomic E-state index is 13.2. The number of benzene rings is 2. The fraction of sp³-hybridized carbons (Fsp3) is 0.125. The van der Waals surface area contributed by atoms with E-state index in [9.17, 15) is 4.79 Å². The largest absolute Gasteiger partial charge is 0.453 e. The number of rotatable bonds is 6. The second kappa shape index (κ2) is 9.05. The number of aryl methyl sites for hydroxylation is 1. The van der Waals surface area contributed by atoms with Crippen molar-refractivity contribution in [2.45, 2.75) is 12.5 Å². The van der Waals surface area contributed by atoms with E-state index in [1.165, 1.54) is 0 Å². The quantitative estimate of drug-likeness (QED) is 0.361. The number of halogens is 1. The van der Waals surface area contributed by atoms with Crippen LogP contribution in [-0.2, 0) is 18.2 Å². The molecule has 0 saturated carbocycles. The Morgan fingerprint density at radius 3 is 2.43 bits per heavy atom. The third kappa shape index (κ3) is 4.66. The number of ether oxygens (including phenoxy) is 1. The standard InChI is InChI=1S/C24H20BrN3O2/c1-28-16-21(23(27-28)19-11-13-26-14-12-19)24(29)30-22(15-17-5-3-2-4-6-17)18-7-9-20(25)10-8-18/h2-14,16,22H,15H2,1H3. The first-order valence-corrected chi connectivity index (χ1v) is 10.3. The summed E-state index contributed by atoms with van der Waals surface area (Å²) in [7, 11) is 1.79. The van der Waals surface area contributed by atoms with Gasteiger partial charge in [-0.1, -0.05) is 58.4 Å². The molecule has 1 atom stereocenters. The first-order chi connectivity index (χ1) is 14.6. The molecule has 0 N–H and O–H groups in total. The van der Waals surface area contributed by atoms with Gasteiger partial charge in [0.2, 0.25) is 0 Å². The molecule has 150 valence electrons. The smallest absolute Gasteiger partial charge is 0.342 e. The molecule has 0 saturated heterocycles. The normalized spacial score (nSPS) is 11.8. The van der Waals surface area contributed by atoms with E-state index in [0.717, 1.165) is 21.2 Å². The summed E-state index contributed by atoms with van der Waals surface area (Å²) in [6, 6.07) is 21.5. The predicted octanol–water partition coefficient (Wildman–Crippen LogP) is 5.39.